The molecule has 0 fully saturated rings. The summed E-state index contributed by atoms with van der Waals surface area (Å²) in [6.45, 7) is 8.83. The van der Waals surface area contributed by atoms with Crippen LogP contribution in [0, 0.1) is 5.92 Å². The maximum atomic E-state index is 5.51. The standard InChI is InChI=1S/C12H24O/c1-6-8-10(3)12(13-5)11(4)9-7-2/h8,11-12H,6-7,9H2,1-5H3/b10-8+. The molecule has 78 valence electrons. The molecule has 0 bridgehead atoms. The molecule has 2 unspecified atom stereocenters. The van der Waals surface area contributed by atoms with Crippen LogP contribution in [0.5, 0.6) is 0 Å². The van der Waals surface area contributed by atoms with Gasteiger partial charge in [0.25, 0.3) is 0 Å². The second-order valence-corrected chi connectivity index (χ2v) is 3.78. The molecule has 0 rings (SSSR count). The monoisotopic (exact) mass is 184 g/mol. The zero-order chi connectivity index (χ0) is 10.3. The lowest BCUT2D eigenvalue weighted by Crippen LogP contribution is -2.21. The van der Waals surface area contributed by atoms with Gasteiger partial charge in [0, 0.05) is 7.11 Å². The highest BCUT2D eigenvalue weighted by molar-refractivity contribution is 5.06. The minimum atomic E-state index is 0.319. The first-order chi connectivity index (χ1) is 6.17. The van der Waals surface area contributed by atoms with E-state index in [0.717, 1.165) is 6.42 Å². The Kier molecular flexibility index (Phi) is 6.97. The van der Waals surface area contributed by atoms with Crippen molar-refractivity contribution in [3.8, 4) is 0 Å². The number of methoxy groups -OCH3 is 1. The average Bonchev–Trinajstić information content (AvgIpc) is 2.06. The van der Waals surface area contributed by atoms with Gasteiger partial charge in [0.1, 0.15) is 0 Å². The van der Waals surface area contributed by atoms with Crippen LogP contribution in [0.3, 0.4) is 0 Å². The van der Waals surface area contributed by atoms with Crippen molar-refractivity contribution < 1.29 is 4.74 Å². The van der Waals surface area contributed by atoms with Crippen molar-refractivity contribution in [2.45, 2.75) is 53.1 Å². The molecule has 1 nitrogen and oxygen atoms in total. The molecule has 13 heavy (non-hydrogen) atoms. The lowest BCUT2D eigenvalue weighted by atomic mass is 9.93. The average molecular weight is 184 g/mol. The van der Waals surface area contributed by atoms with E-state index >= 15 is 0 Å². The Morgan fingerprint density at radius 1 is 1.38 bits per heavy atom. The Labute approximate surface area is 83.2 Å². The fourth-order valence-electron chi connectivity index (χ4n) is 1.91. The van der Waals surface area contributed by atoms with E-state index in [-0.39, 0.29) is 0 Å². The van der Waals surface area contributed by atoms with Crippen molar-refractivity contribution in [1.82, 2.24) is 0 Å². The normalized spacial score (nSPS) is 17.2. The Balaban J connectivity index is 4.22. The third kappa shape index (κ3) is 4.47. The van der Waals surface area contributed by atoms with Gasteiger partial charge >= 0.3 is 0 Å². The van der Waals surface area contributed by atoms with Crippen molar-refractivity contribution in [1.29, 1.82) is 0 Å². The molecule has 0 heterocycles. The van der Waals surface area contributed by atoms with Crippen molar-refractivity contribution in [2.75, 3.05) is 7.11 Å². The second-order valence-electron chi connectivity index (χ2n) is 3.78. The summed E-state index contributed by atoms with van der Waals surface area (Å²) in [6.07, 6.45) is 6.17. The summed E-state index contributed by atoms with van der Waals surface area (Å²) >= 11 is 0. The molecule has 0 aliphatic carbocycles. The van der Waals surface area contributed by atoms with Gasteiger partial charge in [0.15, 0.2) is 0 Å². The van der Waals surface area contributed by atoms with Gasteiger partial charge in [-0.3, -0.25) is 0 Å². The van der Waals surface area contributed by atoms with E-state index in [9.17, 15) is 0 Å². The van der Waals surface area contributed by atoms with Crippen LogP contribution in [0.25, 0.3) is 0 Å². The number of ether oxygens (including phenoxy) is 1. The quantitative estimate of drug-likeness (QED) is 0.571. The van der Waals surface area contributed by atoms with Crippen LogP contribution < -0.4 is 0 Å². The van der Waals surface area contributed by atoms with E-state index in [1.807, 2.05) is 7.11 Å². The van der Waals surface area contributed by atoms with Crippen LogP contribution in [0.2, 0.25) is 0 Å². The Morgan fingerprint density at radius 2 is 2.00 bits per heavy atom. The second kappa shape index (κ2) is 7.14. The Hall–Kier alpha value is -0.300. The van der Waals surface area contributed by atoms with Crippen molar-refractivity contribution >= 4 is 0 Å². The fraction of sp³-hybridized carbons (Fsp3) is 0.833. The summed E-state index contributed by atoms with van der Waals surface area (Å²) in [6, 6.07) is 0. The zero-order valence-corrected chi connectivity index (χ0v) is 9.76. The van der Waals surface area contributed by atoms with E-state index in [1.54, 1.807) is 0 Å². The van der Waals surface area contributed by atoms with Crippen LogP contribution in [-0.4, -0.2) is 13.2 Å². The highest BCUT2D eigenvalue weighted by Crippen LogP contribution is 2.20. The van der Waals surface area contributed by atoms with Crippen molar-refractivity contribution in [2.24, 2.45) is 5.92 Å². The summed E-state index contributed by atoms with van der Waals surface area (Å²) in [5.41, 5.74) is 1.38. The van der Waals surface area contributed by atoms with Crippen LogP contribution in [-0.2, 0) is 4.74 Å². The first-order valence-electron chi connectivity index (χ1n) is 5.36. The molecule has 0 N–H and O–H groups in total. The number of hydrogen-bond donors (Lipinski definition) is 0. The van der Waals surface area contributed by atoms with Gasteiger partial charge in [-0.25, -0.2) is 0 Å². The largest absolute Gasteiger partial charge is 0.377 e. The van der Waals surface area contributed by atoms with Crippen molar-refractivity contribution in [3.05, 3.63) is 11.6 Å². The lowest BCUT2D eigenvalue weighted by molar-refractivity contribution is 0.0831. The predicted octanol–water partition coefficient (Wildman–Crippen LogP) is 3.79. The third-order valence-corrected chi connectivity index (χ3v) is 2.49. The molecule has 0 spiro atoms. The molecule has 0 saturated heterocycles. The Morgan fingerprint density at radius 3 is 2.38 bits per heavy atom. The molecule has 0 saturated carbocycles. The van der Waals surface area contributed by atoms with Crippen LogP contribution in [0.1, 0.15) is 47.0 Å². The van der Waals surface area contributed by atoms with Gasteiger partial charge in [-0.15, -0.1) is 0 Å². The van der Waals surface area contributed by atoms with Gasteiger partial charge in [-0.05, 0) is 31.3 Å². The van der Waals surface area contributed by atoms with Crippen molar-refractivity contribution in [3.63, 3.8) is 0 Å². The van der Waals surface area contributed by atoms with E-state index in [0.29, 0.717) is 12.0 Å². The van der Waals surface area contributed by atoms with Crippen LogP contribution >= 0.6 is 0 Å². The maximum Gasteiger partial charge on any atom is 0.0804 e. The maximum absolute atomic E-state index is 5.51. The number of allylic oxidation sites excluding steroid dienone is 1. The smallest absolute Gasteiger partial charge is 0.0804 e. The molecule has 0 aliphatic rings. The Bertz CT molecular complexity index is 149. The molecular formula is C12H24O. The molecular weight excluding hydrogens is 160 g/mol. The summed E-state index contributed by atoms with van der Waals surface area (Å²) < 4.78 is 5.51. The van der Waals surface area contributed by atoms with Gasteiger partial charge in [-0.1, -0.05) is 33.3 Å². The molecule has 1 heteroatoms. The molecule has 0 aromatic carbocycles. The van der Waals surface area contributed by atoms with E-state index < -0.39 is 0 Å². The summed E-state index contributed by atoms with van der Waals surface area (Å²) in [4.78, 5) is 0. The SMILES string of the molecule is CC/C=C(\C)C(OC)C(C)CCC. The number of hydrogen-bond acceptors (Lipinski definition) is 1. The van der Waals surface area contributed by atoms with Crippen LogP contribution in [0.4, 0.5) is 0 Å². The van der Waals surface area contributed by atoms with E-state index in [1.165, 1.54) is 18.4 Å². The van der Waals surface area contributed by atoms with E-state index in [2.05, 4.69) is 33.8 Å². The third-order valence-electron chi connectivity index (χ3n) is 2.49. The molecule has 0 aromatic rings. The highest BCUT2D eigenvalue weighted by atomic mass is 16.5. The zero-order valence-electron chi connectivity index (χ0n) is 9.76. The van der Waals surface area contributed by atoms with Crippen LogP contribution in [0.15, 0.2) is 11.6 Å². The molecule has 0 amide bonds. The summed E-state index contributed by atoms with van der Waals surface area (Å²) in [5.74, 6) is 0.637. The minimum absolute atomic E-state index is 0.319. The lowest BCUT2D eigenvalue weighted by Gasteiger charge is -2.23. The highest BCUT2D eigenvalue weighted by Gasteiger charge is 2.16. The predicted molar refractivity (Wildman–Crippen MR) is 58.9 cm³/mol. The molecule has 0 aliphatic heterocycles. The fourth-order valence-corrected chi connectivity index (χ4v) is 1.91. The number of rotatable bonds is 6. The topological polar surface area (TPSA) is 9.23 Å². The summed E-state index contributed by atoms with van der Waals surface area (Å²) in [7, 11) is 1.81. The van der Waals surface area contributed by atoms with Gasteiger partial charge in [0.05, 0.1) is 6.10 Å². The molecule has 0 aromatic heterocycles. The van der Waals surface area contributed by atoms with Gasteiger partial charge in [0.2, 0.25) is 0 Å². The molecule has 2 atom stereocenters. The minimum Gasteiger partial charge on any atom is -0.377 e. The van der Waals surface area contributed by atoms with E-state index in [4.69, 9.17) is 4.74 Å². The first-order valence-corrected chi connectivity index (χ1v) is 5.36. The molecule has 0 radical (unpaired) electrons. The summed E-state index contributed by atoms with van der Waals surface area (Å²) in [5, 5.41) is 0. The first kappa shape index (κ1) is 12.7. The van der Waals surface area contributed by atoms with Gasteiger partial charge in [-0.2, -0.15) is 0 Å². The van der Waals surface area contributed by atoms with Gasteiger partial charge < -0.3 is 4.74 Å².